The van der Waals surface area contributed by atoms with Crippen molar-refractivity contribution in [3.05, 3.63) is 22.0 Å². The van der Waals surface area contributed by atoms with Crippen LogP contribution in [0.5, 0.6) is 0 Å². The lowest BCUT2D eigenvalue weighted by atomic mass is 10.4. The second-order valence-corrected chi connectivity index (χ2v) is 3.57. The summed E-state index contributed by atoms with van der Waals surface area (Å²) >= 11 is 4.56. The molecule has 0 saturated heterocycles. The molecule has 0 radical (unpaired) electrons. The van der Waals surface area contributed by atoms with E-state index >= 15 is 0 Å². The second kappa shape index (κ2) is 5.89. The molecule has 0 fully saturated rings. The Morgan fingerprint density at radius 3 is 3.12 bits per heavy atom. The number of nitro groups is 1. The monoisotopic (exact) mass is 256 g/mol. The lowest BCUT2D eigenvalue weighted by Crippen LogP contribution is -2.24. The van der Waals surface area contributed by atoms with Gasteiger partial charge in [0.2, 0.25) is 0 Å². The van der Waals surface area contributed by atoms with E-state index in [1.165, 1.54) is 17.0 Å². The molecule has 0 spiro atoms. The number of hydrogen-bond acceptors (Lipinski definition) is 5. The average molecular weight is 256 g/mol. The predicted octanol–water partition coefficient (Wildman–Crippen LogP) is 0.368. The SMILES string of the molecule is CCCn1c(/C=N/NC(N)=S)cnc1[N+](=O)[O-]. The van der Waals surface area contributed by atoms with Crippen molar-refractivity contribution >= 4 is 29.5 Å². The molecule has 0 unspecified atom stereocenters. The van der Waals surface area contributed by atoms with Gasteiger partial charge >= 0.3 is 5.95 Å². The van der Waals surface area contributed by atoms with Gasteiger partial charge < -0.3 is 15.8 Å². The molecule has 92 valence electrons. The summed E-state index contributed by atoms with van der Waals surface area (Å²) in [5.41, 5.74) is 8.07. The molecule has 17 heavy (non-hydrogen) atoms. The largest absolute Gasteiger partial charge is 0.435 e. The Labute approximate surface area is 103 Å². The van der Waals surface area contributed by atoms with E-state index < -0.39 is 4.92 Å². The fourth-order valence-corrected chi connectivity index (χ4v) is 1.29. The number of aromatic nitrogens is 2. The van der Waals surface area contributed by atoms with E-state index in [4.69, 9.17) is 5.73 Å². The van der Waals surface area contributed by atoms with Crippen molar-refractivity contribution in [2.24, 2.45) is 10.8 Å². The number of rotatable bonds is 5. The van der Waals surface area contributed by atoms with Crippen LogP contribution in [0.3, 0.4) is 0 Å². The second-order valence-electron chi connectivity index (χ2n) is 3.13. The zero-order valence-corrected chi connectivity index (χ0v) is 9.98. The maximum atomic E-state index is 10.7. The lowest BCUT2D eigenvalue weighted by Gasteiger charge is -2.01. The van der Waals surface area contributed by atoms with Crippen LogP contribution in [0.1, 0.15) is 19.0 Å². The van der Waals surface area contributed by atoms with E-state index in [1.54, 1.807) is 0 Å². The zero-order chi connectivity index (χ0) is 12.8. The maximum Gasteiger partial charge on any atom is 0.435 e. The molecule has 1 aromatic rings. The summed E-state index contributed by atoms with van der Waals surface area (Å²) in [6, 6.07) is 0. The maximum absolute atomic E-state index is 10.7. The summed E-state index contributed by atoms with van der Waals surface area (Å²) in [6.45, 7) is 2.41. The first-order chi connectivity index (χ1) is 8.06. The summed E-state index contributed by atoms with van der Waals surface area (Å²) in [5.74, 6) is -0.205. The van der Waals surface area contributed by atoms with Crippen molar-refractivity contribution in [3.63, 3.8) is 0 Å². The molecule has 1 rings (SSSR count). The number of thiocarbonyl (C=S) groups is 1. The minimum Gasteiger partial charge on any atom is -0.390 e. The Morgan fingerprint density at radius 1 is 1.88 bits per heavy atom. The highest BCUT2D eigenvalue weighted by atomic mass is 32.1. The third-order valence-corrected chi connectivity index (χ3v) is 1.94. The quantitative estimate of drug-likeness (QED) is 0.341. The van der Waals surface area contributed by atoms with Crippen LogP contribution in [0.25, 0.3) is 0 Å². The van der Waals surface area contributed by atoms with Gasteiger partial charge in [-0.3, -0.25) is 5.43 Å². The van der Waals surface area contributed by atoms with Gasteiger partial charge in [0.1, 0.15) is 6.20 Å². The molecular weight excluding hydrogens is 244 g/mol. The molecule has 3 N–H and O–H groups in total. The molecule has 8 nitrogen and oxygen atoms in total. The molecule has 0 aliphatic rings. The van der Waals surface area contributed by atoms with Crippen LogP contribution in [0.15, 0.2) is 11.3 Å². The number of imidazole rings is 1. The Kier molecular flexibility index (Phi) is 4.52. The number of nitrogens with one attached hydrogen (secondary N) is 1. The standard InChI is InChI=1S/C8H12N6O2S/c1-2-3-13-6(5-11-12-7(9)17)4-10-8(13)14(15)16/h4-5H,2-3H2,1H3,(H3,9,12,17)/b11-5+. The average Bonchev–Trinajstić information content (AvgIpc) is 2.62. The minimum atomic E-state index is -0.534. The minimum absolute atomic E-state index is 0.0253. The topological polar surface area (TPSA) is 111 Å². The summed E-state index contributed by atoms with van der Waals surface area (Å²) < 4.78 is 1.46. The van der Waals surface area contributed by atoms with Crippen molar-refractivity contribution in [1.82, 2.24) is 15.0 Å². The van der Waals surface area contributed by atoms with Crippen molar-refractivity contribution < 1.29 is 4.92 Å². The molecule has 1 aromatic heterocycles. The fraction of sp³-hybridized carbons (Fsp3) is 0.375. The molecule has 0 bridgehead atoms. The Morgan fingerprint density at radius 2 is 2.59 bits per heavy atom. The summed E-state index contributed by atoms with van der Waals surface area (Å²) in [6.07, 6.45) is 3.51. The van der Waals surface area contributed by atoms with Crippen LogP contribution in [0, 0.1) is 10.1 Å². The van der Waals surface area contributed by atoms with Crippen molar-refractivity contribution in [2.75, 3.05) is 0 Å². The van der Waals surface area contributed by atoms with E-state index in [1.807, 2.05) is 6.92 Å². The molecule has 1 heterocycles. The first kappa shape index (κ1) is 13.0. The summed E-state index contributed by atoms with van der Waals surface area (Å²) in [5, 5.41) is 14.5. The van der Waals surface area contributed by atoms with Crippen LogP contribution in [0.2, 0.25) is 0 Å². The summed E-state index contributed by atoms with van der Waals surface area (Å²) in [7, 11) is 0. The van der Waals surface area contributed by atoms with E-state index in [2.05, 4.69) is 27.7 Å². The fourth-order valence-electron chi connectivity index (χ4n) is 1.24. The smallest absolute Gasteiger partial charge is 0.390 e. The third-order valence-electron chi connectivity index (χ3n) is 1.85. The van der Waals surface area contributed by atoms with Crippen LogP contribution in [-0.2, 0) is 6.54 Å². The Hall–Kier alpha value is -2.03. The highest BCUT2D eigenvalue weighted by Gasteiger charge is 2.18. The Bertz CT molecular complexity index is 455. The molecular formula is C8H12N6O2S. The van der Waals surface area contributed by atoms with Crippen LogP contribution in [-0.4, -0.2) is 25.8 Å². The number of hydrogen-bond donors (Lipinski definition) is 2. The molecule has 0 atom stereocenters. The van der Waals surface area contributed by atoms with E-state index in [-0.39, 0.29) is 11.1 Å². The van der Waals surface area contributed by atoms with E-state index in [0.29, 0.717) is 12.2 Å². The lowest BCUT2D eigenvalue weighted by molar-refractivity contribution is -0.396. The molecule has 0 saturated carbocycles. The van der Waals surface area contributed by atoms with Crippen molar-refractivity contribution in [1.29, 1.82) is 0 Å². The van der Waals surface area contributed by atoms with Gasteiger partial charge in [-0.2, -0.15) is 5.10 Å². The summed E-state index contributed by atoms with van der Waals surface area (Å²) in [4.78, 5) is 13.9. The van der Waals surface area contributed by atoms with Crippen molar-refractivity contribution in [2.45, 2.75) is 19.9 Å². The van der Waals surface area contributed by atoms with Crippen LogP contribution in [0.4, 0.5) is 5.95 Å². The van der Waals surface area contributed by atoms with Gasteiger partial charge in [0, 0.05) is 0 Å². The molecule has 0 aromatic carbocycles. The van der Waals surface area contributed by atoms with Gasteiger partial charge in [0.25, 0.3) is 0 Å². The first-order valence-corrected chi connectivity index (χ1v) is 5.25. The van der Waals surface area contributed by atoms with E-state index in [9.17, 15) is 10.1 Å². The third kappa shape index (κ3) is 3.48. The van der Waals surface area contributed by atoms with Gasteiger partial charge in [-0.05, 0) is 23.6 Å². The van der Waals surface area contributed by atoms with Gasteiger partial charge in [0.05, 0.1) is 12.8 Å². The van der Waals surface area contributed by atoms with E-state index in [0.717, 1.165) is 6.42 Å². The molecule has 0 aliphatic carbocycles. The highest BCUT2D eigenvalue weighted by molar-refractivity contribution is 7.80. The van der Waals surface area contributed by atoms with Crippen LogP contribution >= 0.6 is 12.2 Å². The number of nitrogens with zero attached hydrogens (tertiary/aromatic N) is 4. The molecule has 0 amide bonds. The molecule has 9 heteroatoms. The number of nitrogens with two attached hydrogens (primary N) is 1. The van der Waals surface area contributed by atoms with Crippen LogP contribution < -0.4 is 11.2 Å². The first-order valence-electron chi connectivity index (χ1n) is 4.84. The predicted molar refractivity (Wildman–Crippen MR) is 66.7 cm³/mol. The normalized spacial score (nSPS) is 10.6. The Balaban J connectivity index is 2.95. The number of hydrazone groups is 1. The zero-order valence-electron chi connectivity index (χ0n) is 9.16. The highest BCUT2D eigenvalue weighted by Crippen LogP contribution is 2.12. The van der Waals surface area contributed by atoms with Crippen molar-refractivity contribution in [3.8, 4) is 0 Å². The molecule has 0 aliphatic heterocycles. The van der Waals surface area contributed by atoms with Gasteiger partial charge in [-0.25, -0.2) is 4.57 Å². The van der Waals surface area contributed by atoms with Gasteiger partial charge in [-0.15, -0.1) is 0 Å². The van der Waals surface area contributed by atoms with Gasteiger partial charge in [-0.1, -0.05) is 11.9 Å². The van der Waals surface area contributed by atoms with Gasteiger partial charge in [0.15, 0.2) is 10.8 Å².